The van der Waals surface area contributed by atoms with Crippen LogP contribution in [0.1, 0.15) is 41.6 Å². The zero-order valence-corrected chi connectivity index (χ0v) is 11.8. The normalized spacial score (nSPS) is 14.9. The first-order valence-electron chi connectivity index (χ1n) is 6.30. The summed E-state index contributed by atoms with van der Waals surface area (Å²) in [6.07, 6.45) is -16.2. The van der Waals surface area contributed by atoms with Gasteiger partial charge >= 0.3 is 18.5 Å². The molecule has 0 radical (unpaired) electrons. The summed E-state index contributed by atoms with van der Waals surface area (Å²) in [6, 6.07) is -1.97. The summed E-state index contributed by atoms with van der Waals surface area (Å²) in [5.74, 6) is 0. The number of hydrogen-bond donors (Lipinski definition) is 1. The molecule has 0 bridgehead atoms. The Bertz CT molecular complexity index is 515. The van der Waals surface area contributed by atoms with Crippen molar-refractivity contribution in [1.29, 1.82) is 0 Å². The molecule has 0 heterocycles. The fourth-order valence-corrected chi connectivity index (χ4v) is 2.21. The van der Waals surface area contributed by atoms with E-state index in [0.717, 1.165) is 7.05 Å². The zero-order valence-electron chi connectivity index (χ0n) is 11.8. The minimum absolute atomic E-state index is 0.173. The van der Waals surface area contributed by atoms with Crippen molar-refractivity contribution in [1.82, 2.24) is 5.32 Å². The van der Waals surface area contributed by atoms with E-state index in [9.17, 15) is 39.5 Å². The number of hydrogen-bond acceptors (Lipinski definition) is 1. The fraction of sp³-hybridized carbons (Fsp3) is 0.538. The molecule has 0 aliphatic carbocycles. The number of benzene rings is 1. The van der Waals surface area contributed by atoms with Gasteiger partial charge in [-0.1, -0.05) is 6.92 Å². The molecule has 0 saturated heterocycles. The predicted molar refractivity (Wildman–Crippen MR) is 63.5 cm³/mol. The third kappa shape index (κ3) is 4.30. The highest BCUT2D eigenvalue weighted by atomic mass is 19.4. The Labute approximate surface area is 125 Å². The van der Waals surface area contributed by atoms with Gasteiger partial charge in [0, 0.05) is 6.04 Å². The highest BCUT2D eigenvalue weighted by Gasteiger charge is 2.45. The molecule has 1 aromatic carbocycles. The molecular formula is C13H12F9N. The van der Waals surface area contributed by atoms with Crippen molar-refractivity contribution in [2.24, 2.45) is 0 Å². The van der Waals surface area contributed by atoms with Crippen LogP contribution in [0.25, 0.3) is 0 Å². The molecule has 0 aromatic heterocycles. The lowest BCUT2D eigenvalue weighted by molar-refractivity contribution is -0.149. The van der Waals surface area contributed by atoms with Gasteiger partial charge in [-0.25, -0.2) is 0 Å². The Morgan fingerprint density at radius 2 is 1.22 bits per heavy atom. The summed E-state index contributed by atoms with van der Waals surface area (Å²) in [7, 11) is 1.13. The highest BCUT2D eigenvalue weighted by molar-refractivity contribution is 5.45. The Morgan fingerprint density at radius 1 is 0.826 bits per heavy atom. The van der Waals surface area contributed by atoms with Gasteiger partial charge in [0.15, 0.2) is 0 Å². The van der Waals surface area contributed by atoms with Crippen LogP contribution in [-0.2, 0) is 18.5 Å². The summed E-state index contributed by atoms with van der Waals surface area (Å²) in [4.78, 5) is 0. The summed E-state index contributed by atoms with van der Waals surface area (Å²) in [6.45, 7) is 1.32. The van der Waals surface area contributed by atoms with Gasteiger partial charge in [0.25, 0.3) is 0 Å². The third-order valence-corrected chi connectivity index (χ3v) is 3.22. The van der Waals surface area contributed by atoms with Gasteiger partial charge in [-0.3, -0.25) is 0 Å². The van der Waals surface area contributed by atoms with Crippen molar-refractivity contribution < 1.29 is 39.5 Å². The van der Waals surface area contributed by atoms with Crippen molar-refractivity contribution in [3.8, 4) is 0 Å². The lowest BCUT2D eigenvalue weighted by Gasteiger charge is -2.26. The first-order chi connectivity index (χ1) is 10.2. The number of alkyl halides is 9. The largest absolute Gasteiger partial charge is 0.416 e. The van der Waals surface area contributed by atoms with Crippen LogP contribution in [0.3, 0.4) is 0 Å². The number of rotatable bonds is 3. The molecule has 0 fully saturated rings. The molecule has 10 heteroatoms. The van der Waals surface area contributed by atoms with E-state index in [2.05, 4.69) is 5.32 Å². The van der Waals surface area contributed by atoms with Gasteiger partial charge in [0.2, 0.25) is 0 Å². The molecule has 132 valence electrons. The monoisotopic (exact) mass is 353 g/mol. The van der Waals surface area contributed by atoms with Crippen molar-refractivity contribution in [2.75, 3.05) is 7.05 Å². The van der Waals surface area contributed by atoms with Gasteiger partial charge in [0.1, 0.15) is 0 Å². The molecule has 1 aromatic rings. The smallest absolute Gasteiger partial charge is 0.313 e. The van der Waals surface area contributed by atoms with Gasteiger partial charge in [-0.15, -0.1) is 0 Å². The Hall–Kier alpha value is -1.45. The van der Waals surface area contributed by atoms with Crippen molar-refractivity contribution in [3.63, 3.8) is 0 Å². The SMILES string of the molecule is CCC(NC)c1c(C(F)(F)F)cc(C(F)(F)F)cc1C(F)(F)F. The quantitative estimate of drug-likeness (QED) is 0.716. The minimum atomic E-state index is -5.36. The van der Waals surface area contributed by atoms with E-state index in [1.165, 1.54) is 6.92 Å². The van der Waals surface area contributed by atoms with Crippen molar-refractivity contribution in [2.45, 2.75) is 37.9 Å². The molecule has 1 nitrogen and oxygen atoms in total. The molecule has 0 spiro atoms. The van der Waals surface area contributed by atoms with Crippen LogP contribution >= 0.6 is 0 Å². The summed E-state index contributed by atoms with van der Waals surface area (Å²) in [5.41, 5.74) is -7.11. The maximum absolute atomic E-state index is 13.1. The second-order valence-corrected chi connectivity index (χ2v) is 4.73. The minimum Gasteiger partial charge on any atom is -0.313 e. The molecule has 1 unspecified atom stereocenters. The lowest BCUT2D eigenvalue weighted by Crippen LogP contribution is -2.26. The van der Waals surface area contributed by atoms with Crippen LogP contribution < -0.4 is 5.32 Å². The average Bonchev–Trinajstić information content (AvgIpc) is 2.36. The van der Waals surface area contributed by atoms with Crippen LogP contribution in [-0.4, -0.2) is 7.05 Å². The van der Waals surface area contributed by atoms with E-state index in [1.54, 1.807) is 0 Å². The Morgan fingerprint density at radius 3 is 1.43 bits per heavy atom. The summed E-state index contributed by atoms with van der Waals surface area (Å²) in [5, 5.41) is 2.27. The number of nitrogens with one attached hydrogen (secondary N) is 1. The number of halogens is 9. The predicted octanol–water partition coefficient (Wildman–Crippen LogP) is 5.41. The summed E-state index contributed by atoms with van der Waals surface area (Å²) < 4.78 is 116. The Kier molecular flexibility index (Phi) is 5.30. The topological polar surface area (TPSA) is 12.0 Å². The zero-order chi connectivity index (χ0) is 18.2. The van der Waals surface area contributed by atoms with E-state index in [0.29, 0.717) is 0 Å². The maximum atomic E-state index is 13.1. The van der Waals surface area contributed by atoms with Crippen LogP contribution in [0.5, 0.6) is 0 Å². The van der Waals surface area contributed by atoms with Crippen molar-refractivity contribution in [3.05, 3.63) is 34.4 Å². The molecular weight excluding hydrogens is 341 g/mol. The lowest BCUT2D eigenvalue weighted by atomic mass is 9.90. The second kappa shape index (κ2) is 6.21. The molecule has 1 atom stereocenters. The second-order valence-electron chi connectivity index (χ2n) is 4.73. The van der Waals surface area contributed by atoms with Crippen LogP contribution in [0.4, 0.5) is 39.5 Å². The maximum Gasteiger partial charge on any atom is 0.416 e. The van der Waals surface area contributed by atoms with E-state index >= 15 is 0 Å². The van der Waals surface area contributed by atoms with Gasteiger partial charge in [-0.05, 0) is 31.2 Å². The van der Waals surface area contributed by atoms with Crippen LogP contribution in [0.2, 0.25) is 0 Å². The third-order valence-electron chi connectivity index (χ3n) is 3.22. The van der Waals surface area contributed by atoms with Gasteiger partial charge in [0.05, 0.1) is 16.7 Å². The molecule has 0 aliphatic heterocycles. The van der Waals surface area contributed by atoms with E-state index in [4.69, 9.17) is 0 Å². The first-order valence-corrected chi connectivity index (χ1v) is 6.30. The molecule has 23 heavy (non-hydrogen) atoms. The highest BCUT2D eigenvalue weighted by Crippen LogP contribution is 2.45. The van der Waals surface area contributed by atoms with Crippen molar-refractivity contribution >= 4 is 0 Å². The van der Waals surface area contributed by atoms with Gasteiger partial charge < -0.3 is 5.32 Å². The van der Waals surface area contributed by atoms with E-state index in [1.807, 2.05) is 0 Å². The fourth-order valence-electron chi connectivity index (χ4n) is 2.21. The van der Waals surface area contributed by atoms with Crippen LogP contribution in [0.15, 0.2) is 12.1 Å². The first kappa shape index (κ1) is 19.6. The van der Waals surface area contributed by atoms with E-state index < -0.39 is 46.8 Å². The molecule has 0 amide bonds. The Balaban J connectivity index is 3.90. The van der Waals surface area contributed by atoms with Crippen LogP contribution in [0, 0.1) is 0 Å². The standard InChI is InChI=1S/C13H12F9N/c1-3-9(23-2)10-7(12(17,18)19)4-6(11(14,15)16)5-8(10)13(20,21)22/h4-5,9,23H,3H2,1-2H3. The summed E-state index contributed by atoms with van der Waals surface area (Å²) >= 11 is 0. The average molecular weight is 353 g/mol. The molecule has 0 aliphatic rings. The molecule has 0 saturated carbocycles. The van der Waals surface area contributed by atoms with Gasteiger partial charge in [-0.2, -0.15) is 39.5 Å². The van der Waals surface area contributed by atoms with E-state index in [-0.39, 0.29) is 18.6 Å². The molecule has 1 rings (SSSR count). The molecule has 1 N–H and O–H groups in total.